The Morgan fingerprint density at radius 2 is 1.74 bits per heavy atom. The van der Waals surface area contributed by atoms with Crippen LogP contribution in [0.3, 0.4) is 0 Å². The molecule has 0 spiro atoms. The Morgan fingerprint density at radius 1 is 0.907 bits per heavy atom. The van der Waals surface area contributed by atoms with Crippen LogP contribution in [0.5, 0.6) is 11.5 Å². The Labute approximate surface area is 257 Å². The maximum Gasteiger partial charge on any atom is 0.254 e. The van der Waals surface area contributed by atoms with E-state index in [0.29, 0.717) is 44.7 Å². The molecule has 0 bridgehead atoms. The van der Waals surface area contributed by atoms with Crippen LogP contribution >= 0.6 is 23.2 Å². The predicted octanol–water partition coefficient (Wildman–Crippen LogP) is 5.68. The minimum atomic E-state index is -0.364. The molecule has 4 aromatic rings. The van der Waals surface area contributed by atoms with Crippen molar-refractivity contribution in [2.24, 2.45) is 0 Å². The summed E-state index contributed by atoms with van der Waals surface area (Å²) in [6.07, 6.45) is 2.85. The van der Waals surface area contributed by atoms with Gasteiger partial charge in [0.05, 0.1) is 29.9 Å². The molecule has 3 aromatic carbocycles. The van der Waals surface area contributed by atoms with E-state index >= 15 is 0 Å². The van der Waals surface area contributed by atoms with E-state index < -0.39 is 0 Å². The van der Waals surface area contributed by atoms with Gasteiger partial charge in [0.25, 0.3) is 5.91 Å². The van der Waals surface area contributed by atoms with Crippen LogP contribution in [0.25, 0.3) is 11.0 Å². The molecule has 2 amide bonds. The first-order chi connectivity index (χ1) is 20.8. The smallest absolute Gasteiger partial charge is 0.254 e. The molecular weight excluding hydrogens is 595 g/mol. The molecular formula is C32H28Cl2N2O7. The summed E-state index contributed by atoms with van der Waals surface area (Å²) in [5.74, 6) is 0.482. The van der Waals surface area contributed by atoms with Gasteiger partial charge in [0.15, 0.2) is 16.9 Å². The van der Waals surface area contributed by atoms with Gasteiger partial charge in [0, 0.05) is 35.3 Å². The molecule has 2 aliphatic rings. The van der Waals surface area contributed by atoms with E-state index in [-0.39, 0.29) is 61.9 Å². The molecule has 0 N–H and O–H groups in total. The van der Waals surface area contributed by atoms with Gasteiger partial charge >= 0.3 is 0 Å². The summed E-state index contributed by atoms with van der Waals surface area (Å²) < 4.78 is 22.5. The first kappa shape index (κ1) is 29.0. The lowest BCUT2D eigenvalue weighted by Crippen LogP contribution is -2.45. The molecule has 1 fully saturated rings. The maximum absolute atomic E-state index is 14.1. The highest BCUT2D eigenvalue weighted by Gasteiger charge is 2.28. The zero-order valence-corrected chi connectivity index (χ0v) is 24.6. The number of nitrogens with zero attached hydrogens (tertiary/aromatic N) is 2. The molecule has 0 aliphatic carbocycles. The lowest BCUT2D eigenvalue weighted by atomic mass is 10.1. The third-order valence-corrected chi connectivity index (χ3v) is 7.93. The van der Waals surface area contributed by atoms with Crippen LogP contribution in [0.15, 0.2) is 76.1 Å². The average molecular weight is 623 g/mol. The molecule has 6 rings (SSSR count). The van der Waals surface area contributed by atoms with E-state index in [0.717, 1.165) is 18.4 Å². The van der Waals surface area contributed by atoms with Gasteiger partial charge in [-0.15, -0.1) is 0 Å². The highest BCUT2D eigenvalue weighted by Crippen LogP contribution is 2.33. The number of carbonyl (C=O) groups excluding carboxylic acids is 2. The Morgan fingerprint density at radius 3 is 2.56 bits per heavy atom. The van der Waals surface area contributed by atoms with Gasteiger partial charge in [0.2, 0.25) is 12.7 Å². The third kappa shape index (κ3) is 6.64. The lowest BCUT2D eigenvalue weighted by molar-refractivity contribution is -0.133. The third-order valence-electron chi connectivity index (χ3n) is 7.46. The lowest BCUT2D eigenvalue weighted by Gasteiger charge is -2.29. The monoisotopic (exact) mass is 622 g/mol. The minimum absolute atomic E-state index is 0.0583. The number of amides is 2. The molecule has 0 saturated carbocycles. The molecule has 1 atom stereocenters. The van der Waals surface area contributed by atoms with Gasteiger partial charge in [-0.2, -0.15) is 0 Å². The molecule has 0 radical (unpaired) electrons. The van der Waals surface area contributed by atoms with Gasteiger partial charge in [-0.3, -0.25) is 14.4 Å². The summed E-state index contributed by atoms with van der Waals surface area (Å²) in [7, 11) is 0. The second-order valence-corrected chi connectivity index (χ2v) is 11.4. The number of benzene rings is 3. The Bertz CT molecular complexity index is 1730. The summed E-state index contributed by atoms with van der Waals surface area (Å²) in [5, 5.41) is 1.13. The summed E-state index contributed by atoms with van der Waals surface area (Å²) in [6.45, 7) is 0.812. The fourth-order valence-electron chi connectivity index (χ4n) is 5.27. The summed E-state index contributed by atoms with van der Waals surface area (Å²) in [6, 6.07) is 16.8. The number of halogens is 2. The second-order valence-electron chi connectivity index (χ2n) is 10.5. The molecule has 1 aromatic heterocycles. The molecule has 1 saturated heterocycles. The molecule has 3 heterocycles. The van der Waals surface area contributed by atoms with Gasteiger partial charge in [-0.1, -0.05) is 35.3 Å². The van der Waals surface area contributed by atoms with Crippen LogP contribution in [0.2, 0.25) is 10.0 Å². The quantitative estimate of drug-likeness (QED) is 0.237. The first-order valence-corrected chi connectivity index (χ1v) is 14.6. The van der Waals surface area contributed by atoms with E-state index in [1.165, 1.54) is 16.1 Å². The molecule has 1 unspecified atom stereocenters. The topological polar surface area (TPSA) is 98.5 Å². The Kier molecular flexibility index (Phi) is 8.56. The minimum Gasteiger partial charge on any atom is -0.464 e. The van der Waals surface area contributed by atoms with Crippen molar-refractivity contribution in [3.05, 3.63) is 104 Å². The SMILES string of the molecule is O=C(CN(CC1CCCO1)C(=O)c1cccc(Cl)c1)N(Cc1ccc2c(c1)OCO2)Cc1coc2ccc(Cl)cc2c1=O. The summed E-state index contributed by atoms with van der Waals surface area (Å²) in [5.41, 5.74) is 1.50. The van der Waals surface area contributed by atoms with Crippen molar-refractivity contribution >= 4 is 46.0 Å². The molecule has 9 nitrogen and oxygen atoms in total. The summed E-state index contributed by atoms with van der Waals surface area (Å²) in [4.78, 5) is 44.2. The van der Waals surface area contributed by atoms with Crippen molar-refractivity contribution in [1.82, 2.24) is 9.80 Å². The van der Waals surface area contributed by atoms with Crippen LogP contribution < -0.4 is 14.9 Å². The maximum atomic E-state index is 14.1. The number of ether oxygens (including phenoxy) is 3. The van der Waals surface area contributed by atoms with Crippen molar-refractivity contribution < 1.29 is 28.2 Å². The van der Waals surface area contributed by atoms with Crippen molar-refractivity contribution in [2.45, 2.75) is 32.0 Å². The fraction of sp³-hybridized carbons (Fsp3) is 0.281. The van der Waals surface area contributed by atoms with Crippen molar-refractivity contribution in [1.29, 1.82) is 0 Å². The number of carbonyl (C=O) groups is 2. The van der Waals surface area contributed by atoms with Crippen LogP contribution in [-0.4, -0.2) is 54.2 Å². The van der Waals surface area contributed by atoms with Crippen molar-refractivity contribution in [3.8, 4) is 11.5 Å². The predicted molar refractivity (Wildman–Crippen MR) is 161 cm³/mol. The highest BCUT2D eigenvalue weighted by atomic mass is 35.5. The summed E-state index contributed by atoms with van der Waals surface area (Å²) >= 11 is 12.3. The van der Waals surface area contributed by atoms with Gasteiger partial charge in [-0.25, -0.2) is 0 Å². The number of hydrogen-bond donors (Lipinski definition) is 0. The van der Waals surface area contributed by atoms with E-state index in [1.54, 1.807) is 54.6 Å². The van der Waals surface area contributed by atoms with Gasteiger partial charge in [-0.05, 0) is 66.9 Å². The number of rotatable bonds is 9. The van der Waals surface area contributed by atoms with Crippen molar-refractivity contribution in [3.63, 3.8) is 0 Å². The van der Waals surface area contributed by atoms with E-state index in [4.69, 9.17) is 41.8 Å². The average Bonchev–Trinajstić information content (AvgIpc) is 3.69. The van der Waals surface area contributed by atoms with Crippen LogP contribution in [-0.2, 0) is 22.6 Å². The van der Waals surface area contributed by atoms with E-state index in [1.807, 2.05) is 6.07 Å². The first-order valence-electron chi connectivity index (χ1n) is 13.9. The largest absolute Gasteiger partial charge is 0.464 e. The van der Waals surface area contributed by atoms with E-state index in [9.17, 15) is 14.4 Å². The van der Waals surface area contributed by atoms with E-state index in [2.05, 4.69) is 0 Å². The van der Waals surface area contributed by atoms with Crippen LogP contribution in [0, 0.1) is 0 Å². The van der Waals surface area contributed by atoms with Gasteiger partial charge < -0.3 is 28.4 Å². The zero-order valence-electron chi connectivity index (χ0n) is 23.1. The Balaban J connectivity index is 1.31. The standard InChI is InChI=1S/C32H28Cl2N2O7/c33-23-4-1-3-21(12-23)32(39)36(16-25-5-2-10-40-25)17-30(37)35(14-20-6-8-28-29(11-20)43-19-42-28)15-22-18-41-27-9-7-24(34)13-26(27)31(22)38/h1,3-4,6-9,11-13,18,25H,2,5,10,14-17,19H2. The number of hydrogen-bond acceptors (Lipinski definition) is 7. The Hall–Kier alpha value is -4.05. The molecule has 2 aliphatic heterocycles. The van der Waals surface area contributed by atoms with Crippen LogP contribution in [0.1, 0.15) is 34.3 Å². The van der Waals surface area contributed by atoms with Crippen LogP contribution in [0.4, 0.5) is 0 Å². The second kappa shape index (κ2) is 12.7. The molecule has 43 heavy (non-hydrogen) atoms. The zero-order chi connectivity index (χ0) is 29.9. The highest BCUT2D eigenvalue weighted by molar-refractivity contribution is 6.31. The number of fused-ring (bicyclic) bond motifs is 2. The fourth-order valence-corrected chi connectivity index (χ4v) is 5.63. The molecule has 222 valence electrons. The molecule has 11 heteroatoms. The van der Waals surface area contributed by atoms with Gasteiger partial charge in [0.1, 0.15) is 12.1 Å². The van der Waals surface area contributed by atoms with Crippen molar-refractivity contribution in [2.75, 3.05) is 26.5 Å². The normalized spacial score (nSPS) is 15.5.